The molecule has 0 fully saturated rings. The molecule has 0 aromatic heterocycles. The topological polar surface area (TPSA) is 165 Å². The molecule has 0 aliphatic heterocycles. The Bertz CT molecular complexity index is 1360. The number of nitro benzene ring substituents is 1. The largest absolute Gasteiger partial charge is 0.480 e. The van der Waals surface area contributed by atoms with E-state index < -0.39 is 56.1 Å². The van der Waals surface area contributed by atoms with Crippen molar-refractivity contribution in [1.82, 2.24) is 10.0 Å². The number of nitro groups is 1. The molecule has 0 aliphatic rings. The minimum absolute atomic E-state index is 0.0531. The maximum atomic E-state index is 12.9. The summed E-state index contributed by atoms with van der Waals surface area (Å²) in [6.07, 6.45) is -0.0531. The van der Waals surface area contributed by atoms with E-state index in [-0.39, 0.29) is 6.42 Å². The number of carboxylic acid groups (broad SMARTS) is 1. The summed E-state index contributed by atoms with van der Waals surface area (Å²) in [7, 11) is -3.30. The molecular formula is C23H23N3O8S. The lowest BCUT2D eigenvalue weighted by Crippen LogP contribution is -2.53. The van der Waals surface area contributed by atoms with E-state index >= 15 is 0 Å². The van der Waals surface area contributed by atoms with E-state index in [2.05, 4.69) is 10.0 Å². The first-order valence-corrected chi connectivity index (χ1v) is 11.9. The monoisotopic (exact) mass is 501 g/mol. The van der Waals surface area contributed by atoms with Gasteiger partial charge in [-0.15, -0.1) is 0 Å². The van der Waals surface area contributed by atoms with Crippen molar-refractivity contribution in [3.63, 3.8) is 0 Å². The fraction of sp³-hybridized carbons (Fsp3) is 0.217. The van der Waals surface area contributed by atoms with E-state index in [1.165, 1.54) is 19.2 Å². The third kappa shape index (κ3) is 6.38. The number of ether oxygens (including phenoxy) is 1. The van der Waals surface area contributed by atoms with Crippen LogP contribution in [0.2, 0.25) is 0 Å². The average molecular weight is 502 g/mol. The molecule has 0 spiro atoms. The smallest absolute Gasteiger partial charge is 0.326 e. The molecule has 12 heteroatoms. The van der Waals surface area contributed by atoms with Crippen molar-refractivity contribution in [3.05, 3.63) is 82.4 Å². The number of para-hydroxylation sites is 1. The van der Waals surface area contributed by atoms with Gasteiger partial charge in [0.05, 0.1) is 11.5 Å². The van der Waals surface area contributed by atoms with Crippen LogP contribution in [0.25, 0.3) is 10.8 Å². The van der Waals surface area contributed by atoms with Gasteiger partial charge in [-0.25, -0.2) is 13.2 Å². The highest BCUT2D eigenvalue weighted by atomic mass is 32.2. The minimum atomic E-state index is -4.52. The SMILES string of the molecule is COCC(NS(=O)(=O)c1ccccc1[N+](=O)[O-])C(=O)NC(Cc1ccc2ccccc2c1)C(=O)O. The number of benzene rings is 3. The van der Waals surface area contributed by atoms with Crippen LogP contribution in [-0.2, 0) is 30.8 Å². The van der Waals surface area contributed by atoms with Crippen molar-refractivity contribution in [3.8, 4) is 0 Å². The number of carbonyl (C=O) groups is 2. The number of hydrogen-bond donors (Lipinski definition) is 3. The van der Waals surface area contributed by atoms with E-state index in [1.54, 1.807) is 12.1 Å². The van der Waals surface area contributed by atoms with Crippen LogP contribution in [0, 0.1) is 10.1 Å². The number of nitrogens with zero attached hydrogens (tertiary/aromatic N) is 1. The van der Waals surface area contributed by atoms with Gasteiger partial charge < -0.3 is 15.2 Å². The Kier molecular flexibility index (Phi) is 8.12. The number of hydrogen-bond acceptors (Lipinski definition) is 7. The van der Waals surface area contributed by atoms with Crippen LogP contribution >= 0.6 is 0 Å². The molecule has 1 amide bonds. The average Bonchev–Trinajstić information content (AvgIpc) is 2.83. The van der Waals surface area contributed by atoms with Gasteiger partial charge in [-0.1, -0.05) is 54.6 Å². The van der Waals surface area contributed by atoms with Crippen LogP contribution < -0.4 is 10.0 Å². The summed E-state index contributed by atoms with van der Waals surface area (Å²) < 4.78 is 32.6. The van der Waals surface area contributed by atoms with E-state index in [1.807, 2.05) is 30.3 Å². The van der Waals surface area contributed by atoms with Crippen molar-refractivity contribution in [2.24, 2.45) is 0 Å². The van der Waals surface area contributed by atoms with Gasteiger partial charge in [0, 0.05) is 19.6 Å². The first kappa shape index (κ1) is 25.7. The fourth-order valence-corrected chi connectivity index (χ4v) is 4.84. The minimum Gasteiger partial charge on any atom is -0.480 e. The summed E-state index contributed by atoms with van der Waals surface area (Å²) in [5.74, 6) is -2.27. The Hall–Kier alpha value is -3.87. The molecule has 2 unspecified atom stereocenters. The third-order valence-electron chi connectivity index (χ3n) is 5.17. The molecule has 0 bridgehead atoms. The third-order valence-corrected chi connectivity index (χ3v) is 6.69. The first-order valence-electron chi connectivity index (χ1n) is 10.4. The number of fused-ring (bicyclic) bond motifs is 1. The van der Waals surface area contributed by atoms with Crippen molar-refractivity contribution in [1.29, 1.82) is 0 Å². The number of amides is 1. The van der Waals surface area contributed by atoms with E-state index in [0.717, 1.165) is 22.9 Å². The number of nitrogens with one attached hydrogen (secondary N) is 2. The second-order valence-electron chi connectivity index (χ2n) is 7.64. The van der Waals surface area contributed by atoms with Gasteiger partial charge in [-0.05, 0) is 22.4 Å². The number of rotatable bonds is 11. The van der Waals surface area contributed by atoms with Crippen molar-refractivity contribution < 1.29 is 32.8 Å². The van der Waals surface area contributed by atoms with E-state index in [4.69, 9.17) is 4.74 Å². The van der Waals surface area contributed by atoms with Crippen LogP contribution in [-0.4, -0.2) is 56.1 Å². The summed E-state index contributed by atoms with van der Waals surface area (Å²) in [4.78, 5) is 34.5. The standard InChI is InChI=1S/C23H23N3O8S/c1-34-14-19(25-35(32,33)21-9-5-4-8-20(21)26(30)31)22(27)24-18(23(28)29)13-15-10-11-16-6-2-3-7-17(16)12-15/h2-12,18-19,25H,13-14H2,1H3,(H,24,27)(H,28,29). The molecule has 0 heterocycles. The Balaban J connectivity index is 1.80. The molecule has 2 atom stereocenters. The Morgan fingerprint density at radius 1 is 1.03 bits per heavy atom. The summed E-state index contributed by atoms with van der Waals surface area (Å²) in [5, 5.41) is 25.1. The maximum Gasteiger partial charge on any atom is 0.326 e. The lowest BCUT2D eigenvalue weighted by molar-refractivity contribution is -0.387. The quantitative estimate of drug-likeness (QED) is 0.264. The molecule has 0 radical (unpaired) electrons. The molecule has 184 valence electrons. The van der Waals surface area contributed by atoms with Gasteiger partial charge in [0.1, 0.15) is 12.1 Å². The van der Waals surface area contributed by atoms with Crippen molar-refractivity contribution >= 4 is 38.4 Å². The predicted octanol–water partition coefficient (Wildman–Crippen LogP) is 1.85. The molecule has 0 aliphatic carbocycles. The van der Waals surface area contributed by atoms with Crippen LogP contribution in [0.5, 0.6) is 0 Å². The van der Waals surface area contributed by atoms with Gasteiger partial charge >= 0.3 is 5.97 Å². The lowest BCUT2D eigenvalue weighted by atomic mass is 10.0. The second kappa shape index (κ2) is 11.0. The first-order chi connectivity index (χ1) is 16.6. The zero-order valence-corrected chi connectivity index (χ0v) is 19.4. The summed E-state index contributed by atoms with van der Waals surface area (Å²) in [5.41, 5.74) is -0.0172. The van der Waals surface area contributed by atoms with E-state index in [9.17, 15) is 33.2 Å². The highest BCUT2D eigenvalue weighted by Gasteiger charge is 2.32. The number of sulfonamides is 1. The molecule has 11 nitrogen and oxygen atoms in total. The number of methoxy groups -OCH3 is 1. The van der Waals surface area contributed by atoms with E-state index in [0.29, 0.717) is 5.56 Å². The van der Waals surface area contributed by atoms with Gasteiger partial charge in [0.15, 0.2) is 4.90 Å². The van der Waals surface area contributed by atoms with Crippen LogP contribution in [0.15, 0.2) is 71.6 Å². The summed E-state index contributed by atoms with van der Waals surface area (Å²) >= 11 is 0. The normalized spacial score (nSPS) is 13.2. The van der Waals surface area contributed by atoms with Crippen molar-refractivity contribution in [2.75, 3.05) is 13.7 Å². The molecular weight excluding hydrogens is 478 g/mol. The maximum absolute atomic E-state index is 12.9. The van der Waals surface area contributed by atoms with Gasteiger partial charge in [-0.3, -0.25) is 14.9 Å². The molecule has 0 saturated carbocycles. The number of aliphatic carboxylic acids is 1. The predicted molar refractivity (Wildman–Crippen MR) is 126 cm³/mol. The molecule has 0 saturated heterocycles. The zero-order chi connectivity index (χ0) is 25.6. The highest BCUT2D eigenvalue weighted by Crippen LogP contribution is 2.23. The van der Waals surface area contributed by atoms with Crippen LogP contribution in [0.1, 0.15) is 5.56 Å². The van der Waals surface area contributed by atoms with Crippen molar-refractivity contribution in [2.45, 2.75) is 23.4 Å². The molecule has 3 N–H and O–H groups in total. The van der Waals surface area contributed by atoms with Crippen LogP contribution in [0.3, 0.4) is 0 Å². The molecule has 35 heavy (non-hydrogen) atoms. The molecule has 3 rings (SSSR count). The summed E-state index contributed by atoms with van der Waals surface area (Å²) in [6.45, 7) is -0.436. The van der Waals surface area contributed by atoms with Crippen LogP contribution in [0.4, 0.5) is 5.69 Å². The Morgan fingerprint density at radius 2 is 1.69 bits per heavy atom. The lowest BCUT2D eigenvalue weighted by Gasteiger charge is -2.21. The molecule has 3 aromatic rings. The Labute approximate surface area is 200 Å². The summed E-state index contributed by atoms with van der Waals surface area (Å²) in [6, 6.07) is 14.7. The van der Waals surface area contributed by atoms with Gasteiger partial charge in [0.2, 0.25) is 15.9 Å². The molecule has 3 aromatic carbocycles. The Morgan fingerprint density at radius 3 is 2.34 bits per heavy atom. The number of carbonyl (C=O) groups excluding carboxylic acids is 1. The van der Waals surface area contributed by atoms with Gasteiger partial charge in [-0.2, -0.15) is 4.72 Å². The second-order valence-corrected chi connectivity index (χ2v) is 9.32. The highest BCUT2D eigenvalue weighted by molar-refractivity contribution is 7.89. The fourth-order valence-electron chi connectivity index (χ4n) is 3.49. The zero-order valence-electron chi connectivity index (χ0n) is 18.6. The van der Waals surface area contributed by atoms with Gasteiger partial charge in [0.25, 0.3) is 5.69 Å². The number of carboxylic acids is 1.